The van der Waals surface area contributed by atoms with Gasteiger partial charge >= 0.3 is 0 Å². The number of rotatable bonds is 6. The Balaban J connectivity index is 2.08. The van der Waals surface area contributed by atoms with Crippen molar-refractivity contribution in [1.82, 2.24) is 20.4 Å². The summed E-state index contributed by atoms with van der Waals surface area (Å²) in [6, 6.07) is 6.83. The quantitative estimate of drug-likeness (QED) is 0.598. The summed E-state index contributed by atoms with van der Waals surface area (Å²) < 4.78 is 5.53. The molecule has 2 unspecified atom stereocenters. The Kier molecular flexibility index (Phi) is 7.72. The molecule has 26 heavy (non-hydrogen) atoms. The molecule has 1 saturated heterocycles. The molecule has 1 aliphatic rings. The summed E-state index contributed by atoms with van der Waals surface area (Å²) in [6.07, 6.45) is 0. The van der Waals surface area contributed by atoms with Gasteiger partial charge in [-0.05, 0) is 40.9 Å². The highest BCUT2D eigenvalue weighted by molar-refractivity contribution is 5.80. The number of aryl methyl sites for hydroxylation is 1. The highest BCUT2D eigenvalue weighted by atomic mass is 16.5. The van der Waals surface area contributed by atoms with Crippen LogP contribution in [-0.4, -0.2) is 75.7 Å². The molecule has 2 atom stereocenters. The molecule has 1 aromatic rings. The van der Waals surface area contributed by atoms with Gasteiger partial charge in [-0.3, -0.25) is 9.89 Å². The molecule has 0 spiro atoms. The first-order valence-electron chi connectivity index (χ1n) is 9.52. The number of hydrogen-bond acceptors (Lipinski definition) is 4. The van der Waals surface area contributed by atoms with Crippen LogP contribution in [0.5, 0.6) is 5.75 Å². The van der Waals surface area contributed by atoms with E-state index < -0.39 is 0 Å². The van der Waals surface area contributed by atoms with Crippen molar-refractivity contribution >= 4 is 5.96 Å². The van der Waals surface area contributed by atoms with E-state index in [1.165, 1.54) is 5.56 Å². The minimum Gasteiger partial charge on any atom is -0.496 e. The third kappa shape index (κ3) is 5.61. The third-order valence-electron chi connectivity index (χ3n) is 4.99. The Labute approximate surface area is 158 Å². The zero-order valence-corrected chi connectivity index (χ0v) is 17.2. The van der Waals surface area contributed by atoms with E-state index in [1.807, 2.05) is 6.07 Å². The molecule has 2 N–H and O–H groups in total. The van der Waals surface area contributed by atoms with Crippen LogP contribution in [0.2, 0.25) is 0 Å². The second-order valence-electron chi connectivity index (χ2n) is 7.23. The summed E-state index contributed by atoms with van der Waals surface area (Å²) in [7, 11) is 6.09. The van der Waals surface area contributed by atoms with Crippen molar-refractivity contribution in [1.29, 1.82) is 0 Å². The van der Waals surface area contributed by atoms with Crippen LogP contribution in [0.25, 0.3) is 0 Å². The van der Waals surface area contributed by atoms with Crippen LogP contribution in [0.3, 0.4) is 0 Å². The van der Waals surface area contributed by atoms with Gasteiger partial charge in [0.25, 0.3) is 0 Å². The maximum atomic E-state index is 5.53. The summed E-state index contributed by atoms with van der Waals surface area (Å²) in [6.45, 7) is 11.2. The Hall–Kier alpha value is -1.79. The Bertz CT molecular complexity index is 604. The van der Waals surface area contributed by atoms with Gasteiger partial charge in [0, 0.05) is 37.8 Å². The lowest BCUT2D eigenvalue weighted by Gasteiger charge is -2.37. The number of ether oxygens (including phenoxy) is 1. The lowest BCUT2D eigenvalue weighted by Crippen LogP contribution is -2.51. The second kappa shape index (κ2) is 9.78. The van der Waals surface area contributed by atoms with Crippen molar-refractivity contribution in [3.8, 4) is 5.75 Å². The van der Waals surface area contributed by atoms with Crippen LogP contribution in [0.15, 0.2) is 23.2 Å². The standard InChI is InChI=1S/C20H35N5O/c1-7-21-20(22-13-17-14-24(4)10-11-25(17)5)23-16(3)18-12-15(2)8-9-19(18)26-6/h8-9,12,16-17H,7,10-11,13-14H2,1-6H3,(H2,21,22,23). The predicted molar refractivity (Wildman–Crippen MR) is 109 cm³/mol. The van der Waals surface area contributed by atoms with Gasteiger partial charge in [-0.2, -0.15) is 0 Å². The molecular weight excluding hydrogens is 326 g/mol. The van der Waals surface area contributed by atoms with Gasteiger partial charge in [0.15, 0.2) is 5.96 Å². The zero-order valence-electron chi connectivity index (χ0n) is 17.2. The smallest absolute Gasteiger partial charge is 0.191 e. The fourth-order valence-corrected chi connectivity index (χ4v) is 3.29. The topological polar surface area (TPSA) is 52.1 Å². The summed E-state index contributed by atoms with van der Waals surface area (Å²) in [5, 5.41) is 6.90. The van der Waals surface area contributed by atoms with Gasteiger partial charge in [-0.25, -0.2) is 0 Å². The molecule has 0 saturated carbocycles. The molecule has 1 aromatic carbocycles. The van der Waals surface area contributed by atoms with Gasteiger partial charge in [0.05, 0.1) is 19.7 Å². The first-order valence-corrected chi connectivity index (χ1v) is 9.52. The average Bonchev–Trinajstić information content (AvgIpc) is 2.62. The lowest BCUT2D eigenvalue weighted by atomic mass is 10.0. The van der Waals surface area contributed by atoms with Crippen LogP contribution in [0.4, 0.5) is 0 Å². The maximum Gasteiger partial charge on any atom is 0.191 e. The molecule has 0 aliphatic carbocycles. The van der Waals surface area contributed by atoms with Crippen molar-refractivity contribution < 1.29 is 4.74 Å². The van der Waals surface area contributed by atoms with Gasteiger partial charge in [0.2, 0.25) is 0 Å². The highest BCUT2D eigenvalue weighted by Gasteiger charge is 2.22. The van der Waals surface area contributed by atoms with E-state index in [9.17, 15) is 0 Å². The molecule has 2 rings (SSSR count). The van der Waals surface area contributed by atoms with Crippen LogP contribution in [0.1, 0.15) is 31.0 Å². The third-order valence-corrected chi connectivity index (χ3v) is 4.99. The van der Waals surface area contributed by atoms with E-state index in [2.05, 4.69) is 67.4 Å². The Morgan fingerprint density at radius 3 is 2.81 bits per heavy atom. The van der Waals surface area contributed by atoms with Crippen LogP contribution in [-0.2, 0) is 0 Å². The van der Waals surface area contributed by atoms with Crippen LogP contribution < -0.4 is 15.4 Å². The van der Waals surface area contributed by atoms with E-state index >= 15 is 0 Å². The molecule has 0 radical (unpaired) electrons. The number of methoxy groups -OCH3 is 1. The number of likely N-dealkylation sites (N-methyl/N-ethyl adjacent to an activating group) is 2. The van der Waals surface area contributed by atoms with E-state index in [-0.39, 0.29) is 6.04 Å². The molecule has 6 heteroatoms. The van der Waals surface area contributed by atoms with Gasteiger partial charge in [0.1, 0.15) is 5.75 Å². The lowest BCUT2D eigenvalue weighted by molar-refractivity contribution is 0.119. The number of guanidine groups is 1. The van der Waals surface area contributed by atoms with Gasteiger partial charge in [-0.15, -0.1) is 0 Å². The molecule has 1 fully saturated rings. The fraction of sp³-hybridized carbons (Fsp3) is 0.650. The number of hydrogen-bond donors (Lipinski definition) is 2. The van der Waals surface area contributed by atoms with Gasteiger partial charge in [-0.1, -0.05) is 17.7 Å². The second-order valence-corrected chi connectivity index (χ2v) is 7.23. The van der Waals surface area contributed by atoms with Gasteiger partial charge < -0.3 is 20.3 Å². The zero-order chi connectivity index (χ0) is 19.1. The maximum absolute atomic E-state index is 5.53. The van der Waals surface area contributed by atoms with E-state index in [0.29, 0.717) is 6.04 Å². The molecule has 1 aliphatic heterocycles. The summed E-state index contributed by atoms with van der Waals surface area (Å²) in [5.74, 6) is 1.75. The molecule has 0 amide bonds. The predicted octanol–water partition coefficient (Wildman–Crippen LogP) is 1.87. The van der Waals surface area contributed by atoms with E-state index in [4.69, 9.17) is 9.73 Å². The van der Waals surface area contributed by atoms with Crippen LogP contribution in [0, 0.1) is 6.92 Å². The normalized spacial score (nSPS) is 20.7. The SMILES string of the molecule is CCNC(=NCC1CN(C)CCN1C)NC(C)c1cc(C)ccc1OC. The molecule has 146 valence electrons. The number of nitrogens with one attached hydrogen (secondary N) is 2. The molecule has 0 bridgehead atoms. The number of piperazine rings is 1. The first kappa shape index (κ1) is 20.5. The average molecular weight is 362 g/mol. The van der Waals surface area contributed by atoms with Crippen molar-refractivity contribution in [3.63, 3.8) is 0 Å². The van der Waals surface area contributed by atoms with Crippen molar-refractivity contribution in [2.75, 3.05) is 53.9 Å². The van der Waals surface area contributed by atoms with Crippen LogP contribution >= 0.6 is 0 Å². The fourth-order valence-electron chi connectivity index (χ4n) is 3.29. The summed E-state index contributed by atoms with van der Waals surface area (Å²) in [5.41, 5.74) is 2.37. The van der Waals surface area contributed by atoms with Crippen molar-refractivity contribution in [3.05, 3.63) is 29.3 Å². The highest BCUT2D eigenvalue weighted by Crippen LogP contribution is 2.25. The van der Waals surface area contributed by atoms with E-state index in [0.717, 1.165) is 50.0 Å². The van der Waals surface area contributed by atoms with Crippen molar-refractivity contribution in [2.45, 2.75) is 32.9 Å². The monoisotopic (exact) mass is 361 g/mol. The molecular formula is C20H35N5O. The Morgan fingerprint density at radius 1 is 1.35 bits per heavy atom. The largest absolute Gasteiger partial charge is 0.496 e. The number of aliphatic imine (C=N–C) groups is 1. The first-order chi connectivity index (χ1) is 12.4. The molecule has 0 aromatic heterocycles. The summed E-state index contributed by atoms with van der Waals surface area (Å²) in [4.78, 5) is 9.63. The van der Waals surface area contributed by atoms with E-state index in [1.54, 1.807) is 7.11 Å². The summed E-state index contributed by atoms with van der Waals surface area (Å²) >= 11 is 0. The molecule has 6 nitrogen and oxygen atoms in total. The minimum atomic E-state index is 0.106. The van der Waals surface area contributed by atoms with Crippen molar-refractivity contribution in [2.24, 2.45) is 4.99 Å². The minimum absolute atomic E-state index is 0.106. The number of nitrogens with zero attached hydrogens (tertiary/aromatic N) is 3. The molecule has 1 heterocycles. The Morgan fingerprint density at radius 2 is 2.12 bits per heavy atom. The number of benzene rings is 1.